The van der Waals surface area contributed by atoms with Crippen molar-refractivity contribution in [3.63, 3.8) is 0 Å². The van der Waals surface area contributed by atoms with E-state index in [0.717, 1.165) is 0 Å². The van der Waals surface area contributed by atoms with Crippen LogP contribution in [-0.2, 0) is 0 Å². The first-order valence-electron chi connectivity index (χ1n) is 6.68. The Kier molecular flexibility index (Phi) is 5.07. The predicted octanol–water partition coefficient (Wildman–Crippen LogP) is -1.08. The smallest absolute Gasteiger partial charge is 0.254 e. The van der Waals surface area contributed by atoms with Gasteiger partial charge in [0.1, 0.15) is 10.7 Å². The van der Waals surface area contributed by atoms with Gasteiger partial charge in [0.05, 0.1) is 23.8 Å². The molecule has 6 N–H and O–H groups in total. The van der Waals surface area contributed by atoms with Crippen molar-refractivity contribution in [2.45, 2.75) is 37.3 Å². The van der Waals surface area contributed by atoms with Crippen LogP contribution in [0.5, 0.6) is 0 Å². The van der Waals surface area contributed by atoms with Crippen molar-refractivity contribution in [3.05, 3.63) is 28.5 Å². The second-order valence-corrected chi connectivity index (χ2v) is 5.56. The van der Waals surface area contributed by atoms with Crippen molar-refractivity contribution < 1.29 is 20.1 Å². The molecule has 1 aromatic rings. The van der Waals surface area contributed by atoms with E-state index in [1.54, 1.807) is 25.3 Å². The van der Waals surface area contributed by atoms with Gasteiger partial charge in [0.25, 0.3) is 5.91 Å². The van der Waals surface area contributed by atoms with Crippen LogP contribution in [0.1, 0.15) is 17.3 Å². The van der Waals surface area contributed by atoms with Gasteiger partial charge in [0.2, 0.25) is 0 Å². The molecule has 5 atom stereocenters. The van der Waals surface area contributed by atoms with Crippen LogP contribution in [0.4, 0.5) is 0 Å². The lowest BCUT2D eigenvalue weighted by atomic mass is 9.91. The van der Waals surface area contributed by atoms with E-state index in [-0.39, 0.29) is 18.5 Å². The Hall–Kier alpha value is -1.32. The zero-order valence-corrected chi connectivity index (χ0v) is 12.3. The van der Waals surface area contributed by atoms with Crippen LogP contribution < -0.4 is 10.6 Å². The molecule has 0 spiro atoms. The molecule has 0 radical (unpaired) electrons. The summed E-state index contributed by atoms with van der Waals surface area (Å²) in [5.74, 6) is -0.362. The van der Waals surface area contributed by atoms with Crippen LogP contribution in [0.15, 0.2) is 18.3 Å². The minimum Gasteiger partial charge on any atom is -0.389 e. The van der Waals surface area contributed by atoms with E-state index in [4.69, 9.17) is 12.2 Å². The zero-order valence-electron chi connectivity index (χ0n) is 11.5. The van der Waals surface area contributed by atoms with Gasteiger partial charge in [-0.05, 0) is 19.1 Å². The molecular weight excluding hydrogens is 294 g/mol. The topological polar surface area (TPSA) is 118 Å². The fourth-order valence-electron chi connectivity index (χ4n) is 2.35. The first-order chi connectivity index (χ1) is 9.91. The third kappa shape index (κ3) is 3.47. The van der Waals surface area contributed by atoms with Crippen LogP contribution >= 0.6 is 12.2 Å². The number of aliphatic hydroxyl groups is 3. The SMILES string of the molecule is C[C@@H]1N[C@H](CNC(=O)c2ccc[nH]c2=S)[C@@H](O)[C@H](O)[C@@H]1O. The summed E-state index contributed by atoms with van der Waals surface area (Å²) in [6, 6.07) is 2.33. The number of pyridine rings is 1. The molecule has 0 aromatic carbocycles. The molecule has 1 saturated heterocycles. The monoisotopic (exact) mass is 313 g/mol. The Bertz CT molecular complexity index is 564. The van der Waals surface area contributed by atoms with Crippen molar-refractivity contribution in [2.75, 3.05) is 6.54 Å². The van der Waals surface area contributed by atoms with E-state index in [9.17, 15) is 20.1 Å². The summed E-state index contributed by atoms with van der Waals surface area (Å²) in [7, 11) is 0. The summed E-state index contributed by atoms with van der Waals surface area (Å²) in [5.41, 5.74) is 0.339. The van der Waals surface area contributed by atoms with E-state index in [0.29, 0.717) is 10.2 Å². The minimum absolute atomic E-state index is 0.109. The molecule has 1 fully saturated rings. The first kappa shape index (κ1) is 16.1. The Balaban J connectivity index is 1.98. The van der Waals surface area contributed by atoms with Gasteiger partial charge in [-0.15, -0.1) is 0 Å². The molecule has 1 aromatic heterocycles. The number of H-pyrrole nitrogens is 1. The average Bonchev–Trinajstić information content (AvgIpc) is 2.47. The van der Waals surface area contributed by atoms with Gasteiger partial charge in [-0.3, -0.25) is 4.79 Å². The number of aromatic nitrogens is 1. The molecule has 0 saturated carbocycles. The summed E-state index contributed by atoms with van der Waals surface area (Å²) in [6.45, 7) is 1.81. The van der Waals surface area contributed by atoms with E-state index in [1.807, 2.05) is 0 Å². The summed E-state index contributed by atoms with van der Waals surface area (Å²) < 4.78 is 0.330. The number of hydrogen-bond donors (Lipinski definition) is 6. The summed E-state index contributed by atoms with van der Waals surface area (Å²) in [6.07, 6.45) is -1.83. The highest BCUT2D eigenvalue weighted by Gasteiger charge is 2.40. The van der Waals surface area contributed by atoms with Crippen molar-refractivity contribution in [1.82, 2.24) is 15.6 Å². The molecular formula is C13H19N3O4S. The lowest BCUT2D eigenvalue weighted by Gasteiger charge is -2.40. The Morgan fingerprint density at radius 2 is 2.05 bits per heavy atom. The van der Waals surface area contributed by atoms with Crippen LogP contribution in [-0.4, -0.2) is 63.2 Å². The summed E-state index contributed by atoms with van der Waals surface area (Å²) >= 11 is 5.02. The molecule has 1 amide bonds. The Morgan fingerprint density at radius 1 is 1.33 bits per heavy atom. The van der Waals surface area contributed by atoms with Gasteiger partial charge < -0.3 is 30.9 Å². The average molecular weight is 313 g/mol. The fraction of sp³-hybridized carbons (Fsp3) is 0.538. The minimum atomic E-state index is -1.25. The maximum atomic E-state index is 12.0. The highest BCUT2D eigenvalue weighted by atomic mass is 32.1. The number of rotatable bonds is 3. The van der Waals surface area contributed by atoms with Crippen LogP contribution in [0.25, 0.3) is 0 Å². The van der Waals surface area contributed by atoms with Gasteiger partial charge in [-0.1, -0.05) is 12.2 Å². The number of aromatic amines is 1. The molecule has 0 unspecified atom stereocenters. The van der Waals surface area contributed by atoms with Gasteiger partial charge in [-0.2, -0.15) is 0 Å². The maximum Gasteiger partial charge on any atom is 0.254 e. The van der Waals surface area contributed by atoms with Crippen molar-refractivity contribution in [2.24, 2.45) is 0 Å². The molecule has 2 rings (SSSR count). The van der Waals surface area contributed by atoms with Gasteiger partial charge in [-0.25, -0.2) is 0 Å². The predicted molar refractivity (Wildman–Crippen MR) is 78.4 cm³/mol. The maximum absolute atomic E-state index is 12.0. The third-order valence-corrected chi connectivity index (χ3v) is 3.98. The molecule has 8 heteroatoms. The van der Waals surface area contributed by atoms with Crippen molar-refractivity contribution in [1.29, 1.82) is 0 Å². The number of amides is 1. The molecule has 1 aliphatic heterocycles. The van der Waals surface area contributed by atoms with Gasteiger partial charge in [0, 0.05) is 18.8 Å². The van der Waals surface area contributed by atoms with Gasteiger partial charge in [0.15, 0.2) is 0 Å². The molecule has 7 nitrogen and oxygen atoms in total. The van der Waals surface area contributed by atoms with E-state index < -0.39 is 24.4 Å². The lowest BCUT2D eigenvalue weighted by molar-refractivity contribution is -0.109. The largest absolute Gasteiger partial charge is 0.389 e. The number of hydrogen-bond acceptors (Lipinski definition) is 6. The van der Waals surface area contributed by atoms with E-state index in [1.165, 1.54) is 0 Å². The number of piperidine rings is 1. The molecule has 0 aliphatic carbocycles. The number of carbonyl (C=O) groups excluding carboxylic acids is 1. The second-order valence-electron chi connectivity index (χ2n) is 5.16. The van der Waals surface area contributed by atoms with Crippen LogP contribution in [0.3, 0.4) is 0 Å². The molecule has 21 heavy (non-hydrogen) atoms. The second kappa shape index (κ2) is 6.63. The molecule has 2 heterocycles. The van der Waals surface area contributed by atoms with Gasteiger partial charge >= 0.3 is 0 Å². The Morgan fingerprint density at radius 3 is 2.71 bits per heavy atom. The highest BCUT2D eigenvalue weighted by Crippen LogP contribution is 2.15. The highest BCUT2D eigenvalue weighted by molar-refractivity contribution is 7.71. The normalized spacial score (nSPS) is 32.7. The lowest BCUT2D eigenvalue weighted by Crippen LogP contribution is -2.66. The van der Waals surface area contributed by atoms with Crippen molar-refractivity contribution >= 4 is 18.1 Å². The molecule has 1 aliphatic rings. The summed E-state index contributed by atoms with van der Waals surface area (Å²) in [5, 5.41) is 34.9. The fourth-order valence-corrected chi connectivity index (χ4v) is 2.58. The number of nitrogens with one attached hydrogen (secondary N) is 3. The number of aliphatic hydroxyl groups excluding tert-OH is 3. The molecule has 116 valence electrons. The molecule has 0 bridgehead atoms. The third-order valence-electron chi connectivity index (χ3n) is 3.65. The number of carbonyl (C=O) groups is 1. The zero-order chi connectivity index (χ0) is 15.6. The Labute approximate surface area is 127 Å². The van der Waals surface area contributed by atoms with Crippen molar-refractivity contribution in [3.8, 4) is 0 Å². The van der Waals surface area contributed by atoms with E-state index >= 15 is 0 Å². The van der Waals surface area contributed by atoms with Crippen LogP contribution in [0.2, 0.25) is 0 Å². The first-order valence-corrected chi connectivity index (χ1v) is 7.08. The summed E-state index contributed by atoms with van der Waals surface area (Å²) in [4.78, 5) is 14.8. The van der Waals surface area contributed by atoms with Crippen LogP contribution in [0, 0.1) is 4.64 Å². The van der Waals surface area contributed by atoms with E-state index in [2.05, 4.69) is 15.6 Å². The quantitative estimate of drug-likeness (QED) is 0.395. The standard InChI is InChI=1S/C13H19N3O4S/c1-6-9(17)11(19)10(18)8(16-6)5-15-12(20)7-3-2-4-14-13(7)21/h2-4,6,8-11,16-19H,5H2,1H3,(H,14,21)(H,15,20)/t6-,8+,9+,10+,11+/m0/s1.